The van der Waals surface area contributed by atoms with Crippen molar-refractivity contribution in [3.8, 4) is 5.75 Å². The molecule has 88 valence electrons. The van der Waals surface area contributed by atoms with Crippen LogP contribution in [0.25, 0.3) is 0 Å². The normalized spacial score (nSPS) is 11.3. The second kappa shape index (κ2) is 4.74. The Morgan fingerprint density at radius 2 is 2.00 bits per heavy atom. The third-order valence-corrected chi connectivity index (χ3v) is 1.86. The van der Waals surface area contributed by atoms with Gasteiger partial charge in [0.05, 0.1) is 5.56 Å². The molecule has 0 unspecified atom stereocenters. The van der Waals surface area contributed by atoms with Crippen molar-refractivity contribution in [3.05, 3.63) is 28.8 Å². The van der Waals surface area contributed by atoms with Crippen LogP contribution in [0.5, 0.6) is 5.75 Å². The number of ether oxygens (including phenoxy) is 1. The van der Waals surface area contributed by atoms with Crippen LogP contribution in [-0.4, -0.2) is 12.4 Å². The van der Waals surface area contributed by atoms with Crippen molar-refractivity contribution in [3.63, 3.8) is 0 Å². The summed E-state index contributed by atoms with van der Waals surface area (Å²) in [5, 5.41) is -0.0895. The molecule has 0 fully saturated rings. The lowest BCUT2D eigenvalue weighted by Crippen LogP contribution is -2.09. The number of hydrogen-bond donors (Lipinski definition) is 0. The van der Waals surface area contributed by atoms with E-state index in [1.165, 1.54) is 13.0 Å². The zero-order valence-electron chi connectivity index (χ0n) is 8.27. The Kier molecular flexibility index (Phi) is 3.80. The molecule has 0 aliphatic rings. The van der Waals surface area contributed by atoms with Crippen molar-refractivity contribution in [2.24, 2.45) is 0 Å². The zero-order chi connectivity index (χ0) is 12.3. The first kappa shape index (κ1) is 12.8. The van der Waals surface area contributed by atoms with Crippen LogP contribution in [0.2, 0.25) is 5.02 Å². The number of alkyl halides is 3. The summed E-state index contributed by atoms with van der Waals surface area (Å²) in [5.41, 5.74) is -0.904. The van der Waals surface area contributed by atoms with Gasteiger partial charge in [-0.05, 0) is 25.1 Å². The Bertz CT molecular complexity index is 402. The monoisotopic (exact) mass is 252 g/mol. The molecule has 0 N–H and O–H groups in total. The van der Waals surface area contributed by atoms with Crippen molar-refractivity contribution in [2.75, 3.05) is 6.61 Å². The van der Waals surface area contributed by atoms with Crippen LogP contribution >= 0.6 is 11.6 Å². The van der Waals surface area contributed by atoms with Crippen molar-refractivity contribution >= 4 is 17.4 Å². The van der Waals surface area contributed by atoms with E-state index in [1.54, 1.807) is 0 Å². The predicted molar refractivity (Wildman–Crippen MR) is 52.6 cm³/mol. The van der Waals surface area contributed by atoms with Crippen LogP contribution in [0.3, 0.4) is 0 Å². The van der Waals surface area contributed by atoms with Crippen molar-refractivity contribution in [1.29, 1.82) is 0 Å². The minimum atomic E-state index is -4.49. The Balaban J connectivity index is 2.94. The van der Waals surface area contributed by atoms with E-state index in [2.05, 4.69) is 0 Å². The fourth-order valence-electron chi connectivity index (χ4n) is 0.995. The van der Waals surface area contributed by atoms with Crippen LogP contribution in [0.4, 0.5) is 13.2 Å². The van der Waals surface area contributed by atoms with Gasteiger partial charge >= 0.3 is 6.18 Å². The summed E-state index contributed by atoms with van der Waals surface area (Å²) in [4.78, 5) is 10.6. The molecule has 0 saturated carbocycles. The number of ketones is 1. The number of halogens is 4. The van der Waals surface area contributed by atoms with Gasteiger partial charge in [0.2, 0.25) is 0 Å². The molecule has 0 amide bonds. The van der Waals surface area contributed by atoms with E-state index in [0.717, 1.165) is 12.1 Å². The Morgan fingerprint density at radius 1 is 1.38 bits per heavy atom. The smallest absolute Gasteiger partial charge is 0.416 e. The SMILES string of the molecule is CC(=O)COc1cc(Cl)cc(C(F)(F)F)c1. The maximum atomic E-state index is 12.4. The average Bonchev–Trinajstić information content (AvgIpc) is 2.12. The molecule has 0 spiro atoms. The zero-order valence-corrected chi connectivity index (χ0v) is 9.02. The van der Waals surface area contributed by atoms with E-state index >= 15 is 0 Å². The average molecular weight is 253 g/mol. The summed E-state index contributed by atoms with van der Waals surface area (Å²) >= 11 is 5.51. The number of hydrogen-bond acceptors (Lipinski definition) is 2. The van der Waals surface area contributed by atoms with E-state index in [9.17, 15) is 18.0 Å². The fourth-order valence-corrected chi connectivity index (χ4v) is 1.22. The molecule has 0 saturated heterocycles. The molecule has 0 radical (unpaired) electrons. The summed E-state index contributed by atoms with van der Waals surface area (Å²) in [7, 11) is 0. The maximum absolute atomic E-state index is 12.4. The minimum absolute atomic E-state index is 0.0741. The molecule has 1 rings (SSSR count). The van der Waals surface area contributed by atoms with E-state index in [-0.39, 0.29) is 23.2 Å². The molecule has 0 bridgehead atoms. The van der Waals surface area contributed by atoms with Crippen molar-refractivity contribution in [1.82, 2.24) is 0 Å². The van der Waals surface area contributed by atoms with Gasteiger partial charge in [-0.3, -0.25) is 4.79 Å². The van der Waals surface area contributed by atoms with Crippen LogP contribution < -0.4 is 4.74 Å². The molecule has 0 aliphatic heterocycles. The number of carbonyl (C=O) groups is 1. The molecule has 16 heavy (non-hydrogen) atoms. The largest absolute Gasteiger partial charge is 0.486 e. The lowest BCUT2D eigenvalue weighted by molar-refractivity contribution is -0.137. The first-order chi connectivity index (χ1) is 7.29. The minimum Gasteiger partial charge on any atom is -0.486 e. The van der Waals surface area contributed by atoms with Crippen LogP contribution in [-0.2, 0) is 11.0 Å². The van der Waals surface area contributed by atoms with Gasteiger partial charge < -0.3 is 4.74 Å². The van der Waals surface area contributed by atoms with Crippen LogP contribution in [0.15, 0.2) is 18.2 Å². The highest BCUT2D eigenvalue weighted by atomic mass is 35.5. The maximum Gasteiger partial charge on any atom is 0.416 e. The Hall–Kier alpha value is -1.23. The van der Waals surface area contributed by atoms with Gasteiger partial charge in [-0.2, -0.15) is 13.2 Å². The summed E-state index contributed by atoms with van der Waals surface area (Å²) < 4.78 is 41.9. The lowest BCUT2D eigenvalue weighted by Gasteiger charge is -2.10. The number of rotatable bonds is 3. The molecule has 1 aromatic carbocycles. The second-order valence-electron chi connectivity index (χ2n) is 3.16. The highest BCUT2D eigenvalue weighted by Gasteiger charge is 2.31. The van der Waals surface area contributed by atoms with E-state index in [1.807, 2.05) is 0 Å². The predicted octanol–water partition coefficient (Wildman–Crippen LogP) is 3.33. The number of carbonyl (C=O) groups excluding carboxylic acids is 1. The van der Waals surface area contributed by atoms with Gasteiger partial charge in [0.25, 0.3) is 0 Å². The molecule has 0 heterocycles. The van der Waals surface area contributed by atoms with Gasteiger partial charge in [-0.1, -0.05) is 11.6 Å². The van der Waals surface area contributed by atoms with Gasteiger partial charge in [0.15, 0.2) is 5.78 Å². The van der Waals surface area contributed by atoms with E-state index in [4.69, 9.17) is 16.3 Å². The fraction of sp³-hybridized carbons (Fsp3) is 0.300. The third kappa shape index (κ3) is 3.73. The standard InChI is InChI=1S/C10H8ClF3O2/c1-6(15)5-16-9-3-7(10(12,13)14)2-8(11)4-9/h2-4H,5H2,1H3. The molecular formula is C10H8ClF3O2. The topological polar surface area (TPSA) is 26.3 Å². The summed E-state index contributed by atoms with van der Waals surface area (Å²) in [6.07, 6.45) is -4.49. The second-order valence-corrected chi connectivity index (χ2v) is 3.60. The molecule has 2 nitrogen and oxygen atoms in total. The van der Waals surface area contributed by atoms with Gasteiger partial charge in [0, 0.05) is 5.02 Å². The molecule has 0 atom stereocenters. The summed E-state index contributed by atoms with van der Waals surface area (Å²) in [5.74, 6) is -0.358. The highest BCUT2D eigenvalue weighted by Crippen LogP contribution is 2.33. The number of Topliss-reactive ketones (excluding diaryl/α,β-unsaturated/α-hetero) is 1. The Labute approximate surface area is 95.0 Å². The molecule has 1 aromatic rings. The molecule has 6 heteroatoms. The van der Waals surface area contributed by atoms with E-state index < -0.39 is 11.7 Å². The Morgan fingerprint density at radius 3 is 2.50 bits per heavy atom. The van der Waals surface area contributed by atoms with Gasteiger partial charge in [-0.15, -0.1) is 0 Å². The van der Waals surface area contributed by atoms with Gasteiger partial charge in [0.1, 0.15) is 12.4 Å². The quantitative estimate of drug-likeness (QED) is 0.825. The van der Waals surface area contributed by atoms with Crippen LogP contribution in [0, 0.1) is 0 Å². The third-order valence-electron chi connectivity index (χ3n) is 1.64. The summed E-state index contributed by atoms with van der Waals surface area (Å²) in [6, 6.07) is 2.82. The first-order valence-electron chi connectivity index (χ1n) is 4.29. The van der Waals surface area contributed by atoms with E-state index in [0.29, 0.717) is 0 Å². The van der Waals surface area contributed by atoms with Crippen molar-refractivity contribution in [2.45, 2.75) is 13.1 Å². The molecule has 0 aliphatic carbocycles. The van der Waals surface area contributed by atoms with Crippen LogP contribution in [0.1, 0.15) is 12.5 Å². The van der Waals surface area contributed by atoms with Crippen molar-refractivity contribution < 1.29 is 22.7 Å². The number of benzene rings is 1. The highest BCUT2D eigenvalue weighted by molar-refractivity contribution is 6.30. The van der Waals surface area contributed by atoms with Gasteiger partial charge in [-0.25, -0.2) is 0 Å². The first-order valence-corrected chi connectivity index (χ1v) is 4.67. The molecule has 0 aromatic heterocycles. The molecular weight excluding hydrogens is 245 g/mol. The summed E-state index contributed by atoms with van der Waals surface area (Å²) in [6.45, 7) is 0.993. The lowest BCUT2D eigenvalue weighted by atomic mass is 10.2.